The highest BCUT2D eigenvalue weighted by atomic mass is 16.2. The average Bonchev–Trinajstić information content (AvgIpc) is 4.30. The summed E-state index contributed by atoms with van der Waals surface area (Å²) >= 11 is 0. The predicted molar refractivity (Wildman–Crippen MR) is 350 cm³/mol. The van der Waals surface area contributed by atoms with E-state index in [2.05, 4.69) is 181 Å². The minimum Gasteiger partial charge on any atom is -0.341 e. The number of nitrogens with zero attached hydrogens (tertiary/aromatic N) is 9. The van der Waals surface area contributed by atoms with Crippen molar-refractivity contribution in [1.29, 1.82) is 0 Å². The molecule has 2 saturated carbocycles. The average molecular weight is 1150 g/mol. The van der Waals surface area contributed by atoms with Gasteiger partial charge in [0.25, 0.3) is 0 Å². The highest BCUT2D eigenvalue weighted by molar-refractivity contribution is 5.82. The molecule has 1 aromatic rings. The Hall–Kier alpha value is -1.75. The highest BCUT2D eigenvalue weighted by Gasteiger charge is 2.40. The molecule has 6 rings (SSSR count). The first-order valence-electron chi connectivity index (χ1n) is 34.6. The number of nitrogens with one attached hydrogen (secondary N) is 3. The molecule has 13 heteroatoms. The van der Waals surface area contributed by atoms with Gasteiger partial charge in [-0.1, -0.05) is 123 Å². The van der Waals surface area contributed by atoms with Gasteiger partial charge in [0.2, 0.25) is 5.91 Å². The molecule has 5 aliphatic rings. The van der Waals surface area contributed by atoms with Gasteiger partial charge in [-0.25, -0.2) is 0 Å². The van der Waals surface area contributed by atoms with Crippen LogP contribution in [0.5, 0.6) is 0 Å². The van der Waals surface area contributed by atoms with Crippen LogP contribution in [0, 0.1) is 23.7 Å². The number of likely N-dealkylation sites (tertiary alicyclic amines) is 1. The van der Waals surface area contributed by atoms with Crippen LogP contribution in [0.15, 0.2) is 30.3 Å². The molecule has 3 heterocycles. The summed E-state index contributed by atoms with van der Waals surface area (Å²) in [5, 5.41) is 12.8. The molecular weight excluding hydrogens is 1010 g/mol. The Bertz CT molecular complexity index is 1840. The summed E-state index contributed by atoms with van der Waals surface area (Å²) < 4.78 is 0. The number of carbonyl (C=O) groups is 1. The monoisotopic (exact) mass is 1150 g/mol. The fourth-order valence-electron chi connectivity index (χ4n) is 15.4. The van der Waals surface area contributed by atoms with Crippen LogP contribution in [-0.4, -0.2) is 258 Å². The van der Waals surface area contributed by atoms with E-state index in [9.17, 15) is 4.79 Å². The summed E-state index contributed by atoms with van der Waals surface area (Å²) in [4.78, 5) is 38.4. The number of aryl methyl sites for hydroxylation is 1. The van der Waals surface area contributed by atoms with Crippen LogP contribution in [0.2, 0.25) is 0 Å². The SMILES string of the molecule is CC[C@H](C)[C@H]1CN(C)CCN(C)CCN(C)[C@@H](CC2CCCCC2)CN(C)CCN[C@@H](CCc2ccccc2)CN2CCC[C@H]2CNC2(CCCC2)CN(C)[C@@H](C(C)C)CN(C)[C@H](C(=O)N2CCCCC2)CCN(C)[C@@H](CC(C)C)CN1. The van der Waals surface area contributed by atoms with Gasteiger partial charge in [-0.2, -0.15) is 0 Å². The number of fused-ring (bicyclic) bond motifs is 1. The largest absolute Gasteiger partial charge is 0.341 e. The number of amides is 1. The van der Waals surface area contributed by atoms with Crippen LogP contribution in [0.3, 0.4) is 0 Å². The number of likely N-dealkylation sites (N-methyl/N-ethyl adjacent to an activating group) is 7. The molecule has 0 unspecified atom stereocenters. The maximum absolute atomic E-state index is 14.9. The number of hydrogen-bond donors (Lipinski definition) is 3. The van der Waals surface area contributed by atoms with Gasteiger partial charge in [0.05, 0.1) is 6.04 Å². The predicted octanol–water partition coefficient (Wildman–Crippen LogP) is 9.03. The van der Waals surface area contributed by atoms with Crippen LogP contribution in [0.25, 0.3) is 0 Å². The molecular formula is C69H132N12O. The molecule has 5 fully saturated rings. The number of piperidine rings is 1. The van der Waals surface area contributed by atoms with E-state index < -0.39 is 0 Å². The van der Waals surface area contributed by atoms with E-state index in [0.717, 1.165) is 149 Å². The van der Waals surface area contributed by atoms with Crippen molar-refractivity contribution in [2.45, 2.75) is 218 Å². The van der Waals surface area contributed by atoms with Crippen LogP contribution < -0.4 is 16.0 Å². The number of rotatable bonds is 11. The van der Waals surface area contributed by atoms with Crippen LogP contribution in [-0.2, 0) is 11.2 Å². The maximum atomic E-state index is 14.9. The van der Waals surface area contributed by atoms with Gasteiger partial charge in [-0.05, 0) is 162 Å². The minimum absolute atomic E-state index is 0.120. The second kappa shape index (κ2) is 36.5. The zero-order chi connectivity index (χ0) is 59.0. The van der Waals surface area contributed by atoms with Gasteiger partial charge in [0.1, 0.15) is 0 Å². The Kier molecular flexibility index (Phi) is 30.9. The summed E-state index contributed by atoms with van der Waals surface area (Å²) in [7, 11) is 16.6. The van der Waals surface area contributed by atoms with E-state index in [1.54, 1.807) is 0 Å². The lowest BCUT2D eigenvalue weighted by Gasteiger charge is -2.43. The lowest BCUT2D eigenvalue weighted by molar-refractivity contribution is -0.138. The first-order valence-corrected chi connectivity index (χ1v) is 34.6. The van der Waals surface area contributed by atoms with E-state index in [0.29, 0.717) is 59.9 Å². The first kappa shape index (κ1) is 69.4. The molecule has 82 heavy (non-hydrogen) atoms. The van der Waals surface area contributed by atoms with E-state index in [-0.39, 0.29) is 11.6 Å². The molecule has 3 saturated heterocycles. The summed E-state index contributed by atoms with van der Waals surface area (Å²) in [6, 6.07) is 13.9. The molecule has 0 aromatic heterocycles. The van der Waals surface area contributed by atoms with Crippen molar-refractivity contribution < 1.29 is 4.79 Å². The third-order valence-corrected chi connectivity index (χ3v) is 21.4. The molecule has 1 amide bonds. The van der Waals surface area contributed by atoms with Gasteiger partial charge in [-0.15, -0.1) is 0 Å². The Morgan fingerprint density at radius 2 is 1.28 bits per heavy atom. The van der Waals surface area contributed by atoms with Crippen molar-refractivity contribution in [2.75, 3.05) is 161 Å². The molecule has 3 N–H and O–H groups in total. The fourth-order valence-corrected chi connectivity index (χ4v) is 15.4. The maximum Gasteiger partial charge on any atom is 0.239 e. The van der Waals surface area contributed by atoms with Crippen LogP contribution in [0.1, 0.15) is 169 Å². The zero-order valence-electron chi connectivity index (χ0n) is 55.8. The smallest absolute Gasteiger partial charge is 0.239 e. The summed E-state index contributed by atoms with van der Waals surface area (Å²) in [6.45, 7) is 32.1. The van der Waals surface area contributed by atoms with E-state index in [1.807, 2.05) is 0 Å². The quantitative estimate of drug-likeness (QED) is 0.198. The van der Waals surface area contributed by atoms with Gasteiger partial charge >= 0.3 is 0 Å². The lowest BCUT2D eigenvalue weighted by atomic mass is 9.84. The first-order chi connectivity index (χ1) is 39.4. The second-order valence-corrected chi connectivity index (χ2v) is 29.1. The number of benzene rings is 1. The van der Waals surface area contributed by atoms with Crippen molar-refractivity contribution in [3.05, 3.63) is 35.9 Å². The topological polar surface area (TPSA) is 82.3 Å². The summed E-state index contributed by atoms with van der Waals surface area (Å²) in [6.07, 6.45) is 25.0. The Morgan fingerprint density at radius 1 is 0.610 bits per heavy atom. The molecule has 1 spiro atoms. The van der Waals surface area contributed by atoms with Crippen molar-refractivity contribution in [1.82, 2.24) is 60.0 Å². The second-order valence-electron chi connectivity index (χ2n) is 29.1. The molecule has 474 valence electrons. The van der Waals surface area contributed by atoms with E-state index in [4.69, 9.17) is 0 Å². The minimum atomic E-state index is -0.132. The van der Waals surface area contributed by atoms with Crippen LogP contribution >= 0.6 is 0 Å². The molecule has 1 aromatic carbocycles. The molecule has 0 radical (unpaired) electrons. The van der Waals surface area contributed by atoms with Crippen molar-refractivity contribution in [3.8, 4) is 0 Å². The van der Waals surface area contributed by atoms with Crippen molar-refractivity contribution in [3.63, 3.8) is 0 Å². The highest BCUT2D eigenvalue weighted by Crippen LogP contribution is 2.33. The Balaban J connectivity index is 1.23. The number of hydrogen-bond acceptors (Lipinski definition) is 12. The molecule has 2 aliphatic carbocycles. The Morgan fingerprint density at radius 3 is 1.98 bits per heavy atom. The van der Waals surface area contributed by atoms with Crippen LogP contribution in [0.4, 0.5) is 0 Å². The zero-order valence-corrected chi connectivity index (χ0v) is 55.8. The standard InChI is InChI=1S/C69H132N12O/c1-14-58(6)65-53-75(9)44-43-73(7)45-46-77(11)64(48-60-29-20-16-21-30-60)52-74(8)42-37-70-61(33-32-59-27-18-15-19-28-59)51-81-40-26-31-62(81)50-72-69(35-22-23-36-69)55-79(13)67(57(4)5)54-78(12)66(68(82)80-38-24-17-25-39-80)34-41-76(10)63(49-71-65)47-56(2)3/h15,18-19,27-28,56-58,60-67,70-72H,14,16-17,20-26,29-55H2,1-13H3/t58-,61-,62-,63-,64-,65+,66-,67+/m0/s1. The third-order valence-electron chi connectivity index (χ3n) is 21.4. The molecule has 0 bridgehead atoms. The van der Waals surface area contributed by atoms with Gasteiger partial charge in [0, 0.05) is 147 Å². The summed E-state index contributed by atoms with van der Waals surface area (Å²) in [5.41, 5.74) is 1.57. The lowest BCUT2D eigenvalue weighted by Crippen LogP contribution is -2.59. The van der Waals surface area contributed by atoms with Crippen molar-refractivity contribution >= 4 is 5.91 Å². The molecule has 8 atom stereocenters. The van der Waals surface area contributed by atoms with Gasteiger partial charge in [0.15, 0.2) is 0 Å². The molecule has 3 aliphatic heterocycles. The van der Waals surface area contributed by atoms with Gasteiger partial charge < -0.3 is 50.2 Å². The fraction of sp³-hybridized carbons (Fsp3) is 0.899. The van der Waals surface area contributed by atoms with Gasteiger partial charge in [-0.3, -0.25) is 14.6 Å². The Labute approximate surface area is 506 Å². The third kappa shape index (κ3) is 23.4. The van der Waals surface area contributed by atoms with E-state index in [1.165, 1.54) is 102 Å². The number of carbonyl (C=O) groups excluding carboxylic acids is 1. The van der Waals surface area contributed by atoms with E-state index >= 15 is 0 Å². The normalized spacial score (nSPS) is 30.5. The molecule has 13 nitrogen and oxygen atoms in total. The van der Waals surface area contributed by atoms with Crippen molar-refractivity contribution in [2.24, 2.45) is 23.7 Å². The summed E-state index contributed by atoms with van der Waals surface area (Å²) in [5.74, 6) is 2.85.